The molecule has 1 heterocycles. The summed E-state index contributed by atoms with van der Waals surface area (Å²) < 4.78 is 16.4. The summed E-state index contributed by atoms with van der Waals surface area (Å²) in [5.74, 6) is 0.729. The highest BCUT2D eigenvalue weighted by Gasteiger charge is 2.29. The lowest BCUT2D eigenvalue weighted by Gasteiger charge is -2.36. The smallest absolute Gasteiger partial charge is 0.407 e. The number of nitrogens with one attached hydrogen (secondary N) is 1. The first-order valence-corrected chi connectivity index (χ1v) is 10.8. The monoisotopic (exact) mass is 440 g/mol. The Morgan fingerprint density at radius 1 is 1.27 bits per heavy atom. The van der Waals surface area contributed by atoms with Crippen molar-refractivity contribution in [2.45, 2.75) is 65.0 Å². The van der Waals surface area contributed by atoms with Crippen LogP contribution in [-0.4, -0.2) is 55.3 Å². The van der Waals surface area contributed by atoms with Crippen molar-refractivity contribution >= 4 is 23.6 Å². The van der Waals surface area contributed by atoms with E-state index in [4.69, 9.17) is 25.8 Å². The van der Waals surface area contributed by atoms with Gasteiger partial charge < -0.3 is 24.4 Å². The Kier molecular flexibility index (Phi) is 8.65. The van der Waals surface area contributed by atoms with Crippen LogP contribution in [-0.2, 0) is 4.74 Å². The maximum Gasteiger partial charge on any atom is 0.407 e. The summed E-state index contributed by atoms with van der Waals surface area (Å²) in [6.45, 7) is 8.90. The van der Waals surface area contributed by atoms with Gasteiger partial charge in [-0.05, 0) is 58.6 Å². The Hall–Kier alpha value is -2.15. The van der Waals surface area contributed by atoms with Crippen LogP contribution in [0.5, 0.6) is 11.5 Å². The topological polar surface area (TPSA) is 77.1 Å². The second-order valence-electron chi connectivity index (χ2n) is 8.37. The van der Waals surface area contributed by atoms with Crippen LogP contribution >= 0.6 is 11.6 Å². The van der Waals surface area contributed by atoms with Crippen LogP contribution in [0.1, 0.15) is 63.7 Å². The molecule has 1 aliphatic rings. The third kappa shape index (κ3) is 6.69. The molecule has 1 fully saturated rings. The van der Waals surface area contributed by atoms with Crippen LogP contribution in [0.3, 0.4) is 0 Å². The number of carbonyl (C=O) groups excluding carboxylic acids is 2. The Labute approximate surface area is 184 Å². The van der Waals surface area contributed by atoms with Crippen LogP contribution in [0.25, 0.3) is 0 Å². The van der Waals surface area contributed by atoms with Gasteiger partial charge in [-0.3, -0.25) is 4.79 Å². The average Bonchev–Trinajstić information content (AvgIpc) is 2.69. The largest absolute Gasteiger partial charge is 0.493 e. The van der Waals surface area contributed by atoms with Gasteiger partial charge in [0.25, 0.3) is 5.91 Å². The van der Waals surface area contributed by atoms with Gasteiger partial charge in [0.05, 0.1) is 18.7 Å². The minimum Gasteiger partial charge on any atom is -0.493 e. The van der Waals surface area contributed by atoms with E-state index in [0.29, 0.717) is 41.8 Å². The van der Waals surface area contributed by atoms with E-state index in [-0.39, 0.29) is 11.9 Å². The van der Waals surface area contributed by atoms with Crippen molar-refractivity contribution in [3.05, 3.63) is 22.7 Å². The van der Waals surface area contributed by atoms with Crippen LogP contribution in [0.4, 0.5) is 4.79 Å². The molecule has 7 nitrogen and oxygen atoms in total. The van der Waals surface area contributed by atoms with Gasteiger partial charge in [-0.1, -0.05) is 18.5 Å². The van der Waals surface area contributed by atoms with Gasteiger partial charge in [0, 0.05) is 24.7 Å². The SMILES string of the molecule is CCCOc1c(Cl)cc(C(=O)N2CCCCC2CNC(=O)OC(C)(C)C)cc1OC. The van der Waals surface area contributed by atoms with Gasteiger partial charge in [0.15, 0.2) is 11.5 Å². The quantitative estimate of drug-likeness (QED) is 0.667. The number of piperidine rings is 1. The third-order valence-electron chi connectivity index (χ3n) is 4.70. The van der Waals surface area contributed by atoms with Crippen molar-refractivity contribution in [1.29, 1.82) is 0 Å². The number of alkyl carbamates (subject to hydrolysis) is 1. The lowest BCUT2D eigenvalue weighted by molar-refractivity contribution is 0.0462. The zero-order valence-electron chi connectivity index (χ0n) is 18.5. The second kappa shape index (κ2) is 10.8. The fraction of sp³-hybridized carbons (Fsp3) is 0.636. The van der Waals surface area contributed by atoms with Crippen molar-refractivity contribution in [1.82, 2.24) is 10.2 Å². The van der Waals surface area contributed by atoms with Crippen molar-refractivity contribution in [3.8, 4) is 11.5 Å². The Bertz CT molecular complexity index is 748. The average molecular weight is 441 g/mol. The van der Waals surface area contributed by atoms with E-state index < -0.39 is 11.7 Å². The molecule has 0 radical (unpaired) electrons. The molecule has 1 atom stereocenters. The number of methoxy groups -OCH3 is 1. The molecular weight excluding hydrogens is 408 g/mol. The fourth-order valence-electron chi connectivity index (χ4n) is 3.35. The standard InChI is InChI=1S/C22H33ClN2O5/c1-6-11-29-19-17(23)12-15(13-18(19)28-5)20(26)25-10-8-7-9-16(25)14-24-21(27)30-22(2,3)4/h12-13,16H,6-11,14H2,1-5H3,(H,24,27). The number of likely N-dealkylation sites (tertiary alicyclic amines) is 1. The van der Waals surface area contributed by atoms with E-state index in [1.807, 2.05) is 27.7 Å². The van der Waals surface area contributed by atoms with Crippen molar-refractivity contribution in [2.75, 3.05) is 26.8 Å². The van der Waals surface area contributed by atoms with E-state index >= 15 is 0 Å². The van der Waals surface area contributed by atoms with Gasteiger partial charge in [-0.2, -0.15) is 0 Å². The molecule has 0 saturated carbocycles. The van der Waals surface area contributed by atoms with Crippen LogP contribution < -0.4 is 14.8 Å². The highest BCUT2D eigenvalue weighted by Crippen LogP contribution is 2.37. The Morgan fingerprint density at radius 3 is 2.63 bits per heavy atom. The van der Waals surface area contributed by atoms with Crippen LogP contribution in [0.2, 0.25) is 5.02 Å². The lowest BCUT2D eigenvalue weighted by atomic mass is 10.0. The maximum absolute atomic E-state index is 13.3. The summed E-state index contributed by atoms with van der Waals surface area (Å²) >= 11 is 6.38. The maximum atomic E-state index is 13.3. The molecule has 1 unspecified atom stereocenters. The molecule has 0 bridgehead atoms. The first-order valence-electron chi connectivity index (χ1n) is 10.4. The number of hydrogen-bond acceptors (Lipinski definition) is 5. The molecule has 0 aliphatic carbocycles. The van der Waals surface area contributed by atoms with Gasteiger partial charge in [-0.15, -0.1) is 0 Å². The van der Waals surface area contributed by atoms with E-state index in [1.165, 1.54) is 7.11 Å². The predicted octanol–water partition coefficient (Wildman–Crippen LogP) is 4.66. The van der Waals surface area contributed by atoms with Crippen LogP contribution in [0.15, 0.2) is 12.1 Å². The summed E-state index contributed by atoms with van der Waals surface area (Å²) in [7, 11) is 1.52. The molecule has 168 valence electrons. The number of ether oxygens (including phenoxy) is 3. The molecule has 0 spiro atoms. The Balaban J connectivity index is 2.14. The molecule has 2 rings (SSSR count). The third-order valence-corrected chi connectivity index (χ3v) is 4.98. The minimum atomic E-state index is -0.568. The number of rotatable bonds is 7. The summed E-state index contributed by atoms with van der Waals surface area (Å²) in [5, 5.41) is 3.13. The molecule has 1 aromatic rings. The van der Waals surface area contributed by atoms with Crippen LogP contribution in [0, 0.1) is 0 Å². The molecule has 1 N–H and O–H groups in total. The lowest BCUT2D eigenvalue weighted by Crippen LogP contribution is -2.50. The molecule has 1 saturated heterocycles. The number of halogens is 1. The molecule has 8 heteroatoms. The number of hydrogen-bond donors (Lipinski definition) is 1. The summed E-state index contributed by atoms with van der Waals surface area (Å²) in [6, 6.07) is 3.16. The predicted molar refractivity (Wildman–Crippen MR) is 117 cm³/mol. The summed E-state index contributed by atoms with van der Waals surface area (Å²) in [6.07, 6.45) is 3.07. The second-order valence-corrected chi connectivity index (χ2v) is 8.78. The first kappa shape index (κ1) is 24.1. The summed E-state index contributed by atoms with van der Waals surface area (Å²) in [5.41, 5.74) is -0.133. The molecular formula is C22H33ClN2O5. The number of amides is 2. The molecule has 1 aliphatic heterocycles. The highest BCUT2D eigenvalue weighted by molar-refractivity contribution is 6.32. The van der Waals surface area contributed by atoms with Crippen molar-refractivity contribution < 1.29 is 23.8 Å². The summed E-state index contributed by atoms with van der Waals surface area (Å²) in [4.78, 5) is 27.1. The van der Waals surface area contributed by atoms with Gasteiger partial charge in [-0.25, -0.2) is 4.79 Å². The fourth-order valence-corrected chi connectivity index (χ4v) is 3.61. The molecule has 2 amide bonds. The van der Waals surface area contributed by atoms with E-state index in [0.717, 1.165) is 25.7 Å². The molecule has 1 aromatic carbocycles. The normalized spacial score (nSPS) is 16.7. The van der Waals surface area contributed by atoms with Crippen molar-refractivity contribution in [2.24, 2.45) is 0 Å². The molecule has 30 heavy (non-hydrogen) atoms. The van der Waals surface area contributed by atoms with E-state index in [1.54, 1.807) is 17.0 Å². The Morgan fingerprint density at radius 2 is 2.00 bits per heavy atom. The number of benzene rings is 1. The zero-order valence-corrected chi connectivity index (χ0v) is 19.3. The first-order chi connectivity index (χ1) is 14.2. The van der Waals surface area contributed by atoms with Gasteiger partial charge in [0.1, 0.15) is 5.60 Å². The number of carbonyl (C=O) groups is 2. The van der Waals surface area contributed by atoms with Gasteiger partial charge >= 0.3 is 6.09 Å². The van der Waals surface area contributed by atoms with E-state index in [9.17, 15) is 9.59 Å². The van der Waals surface area contributed by atoms with Crippen molar-refractivity contribution in [3.63, 3.8) is 0 Å². The highest BCUT2D eigenvalue weighted by atomic mass is 35.5. The number of nitrogens with zero attached hydrogens (tertiary/aromatic N) is 1. The minimum absolute atomic E-state index is 0.112. The van der Waals surface area contributed by atoms with E-state index in [2.05, 4.69) is 5.32 Å². The zero-order chi connectivity index (χ0) is 22.3. The van der Waals surface area contributed by atoms with Gasteiger partial charge in [0.2, 0.25) is 0 Å². The molecule has 0 aromatic heterocycles.